The Hall–Kier alpha value is -3.92. The van der Waals surface area contributed by atoms with Gasteiger partial charge in [0, 0.05) is 24.9 Å². The van der Waals surface area contributed by atoms with Crippen molar-refractivity contribution in [1.29, 1.82) is 0 Å². The fourth-order valence-electron chi connectivity index (χ4n) is 2.77. The van der Waals surface area contributed by atoms with E-state index in [0.717, 1.165) is 5.56 Å². The van der Waals surface area contributed by atoms with Crippen molar-refractivity contribution >= 4 is 33.0 Å². The Balaban J connectivity index is 1.58. The fourth-order valence-corrected chi connectivity index (χ4v) is 3.97. The van der Waals surface area contributed by atoms with E-state index in [-0.39, 0.29) is 17.2 Å². The third kappa shape index (κ3) is 5.41. The summed E-state index contributed by atoms with van der Waals surface area (Å²) in [4.78, 5) is 22.4. The average molecular weight is 455 g/mol. The van der Waals surface area contributed by atoms with Crippen molar-refractivity contribution in [2.24, 2.45) is 0 Å². The van der Waals surface area contributed by atoms with E-state index in [1.807, 2.05) is 6.92 Å². The molecule has 0 fully saturated rings. The van der Waals surface area contributed by atoms with Crippen LogP contribution in [-0.2, 0) is 14.8 Å². The van der Waals surface area contributed by atoms with E-state index in [2.05, 4.69) is 5.32 Å². The summed E-state index contributed by atoms with van der Waals surface area (Å²) in [5.41, 5.74) is 1.73. The number of hydrogen-bond donors (Lipinski definition) is 1. The van der Waals surface area contributed by atoms with Crippen LogP contribution in [0.1, 0.15) is 5.56 Å². The summed E-state index contributed by atoms with van der Waals surface area (Å²) >= 11 is 0. The first kappa shape index (κ1) is 22.8. The van der Waals surface area contributed by atoms with Crippen LogP contribution in [-0.4, -0.2) is 32.9 Å². The second-order valence-corrected chi connectivity index (χ2v) is 8.89. The maximum Gasteiger partial charge on any atom is 0.269 e. The maximum atomic E-state index is 12.8. The van der Waals surface area contributed by atoms with Gasteiger partial charge in [0.15, 0.2) is 6.61 Å². The molecule has 0 unspecified atom stereocenters. The van der Waals surface area contributed by atoms with Crippen molar-refractivity contribution in [3.8, 4) is 5.75 Å². The van der Waals surface area contributed by atoms with Crippen LogP contribution in [0.25, 0.3) is 0 Å². The highest BCUT2D eigenvalue weighted by Gasteiger charge is 2.21. The molecule has 0 saturated heterocycles. The first-order valence-corrected chi connectivity index (χ1v) is 10.9. The van der Waals surface area contributed by atoms with Crippen LogP contribution in [0.2, 0.25) is 0 Å². The van der Waals surface area contributed by atoms with Gasteiger partial charge in [-0.1, -0.05) is 17.7 Å². The number of hydrogen-bond acceptors (Lipinski definition) is 6. The molecule has 10 heteroatoms. The summed E-state index contributed by atoms with van der Waals surface area (Å²) in [5.74, 6) is -0.0595. The fraction of sp³-hybridized carbons (Fsp3) is 0.136. The number of non-ortho nitro benzene ring substituents is 1. The monoisotopic (exact) mass is 455 g/mol. The molecule has 0 bridgehead atoms. The molecule has 32 heavy (non-hydrogen) atoms. The SMILES string of the molecule is Cc1ccc(S(=O)(=O)N(C)c2ccc(OCC(=O)Nc3ccc([N+](=O)[O-])cc3)cc2)cc1. The molecule has 166 valence electrons. The summed E-state index contributed by atoms with van der Waals surface area (Å²) in [6.07, 6.45) is 0. The molecule has 0 saturated carbocycles. The number of ether oxygens (including phenoxy) is 1. The van der Waals surface area contributed by atoms with Gasteiger partial charge in [-0.3, -0.25) is 19.2 Å². The molecule has 0 atom stereocenters. The number of rotatable bonds is 8. The molecule has 0 aliphatic heterocycles. The van der Waals surface area contributed by atoms with Gasteiger partial charge in [0.25, 0.3) is 21.6 Å². The van der Waals surface area contributed by atoms with E-state index in [0.29, 0.717) is 17.1 Å². The van der Waals surface area contributed by atoms with Crippen LogP contribution in [0.5, 0.6) is 5.75 Å². The second kappa shape index (κ2) is 9.48. The quantitative estimate of drug-likeness (QED) is 0.408. The summed E-state index contributed by atoms with van der Waals surface area (Å²) < 4.78 is 32.2. The number of nitro groups is 1. The lowest BCUT2D eigenvalue weighted by Crippen LogP contribution is -2.26. The summed E-state index contributed by atoms with van der Waals surface area (Å²) in [6, 6.07) is 18.3. The standard InChI is InChI=1S/C22H21N3O6S/c1-16-3-13-21(14-4-16)32(29,30)24(2)18-9-11-20(12-10-18)31-15-22(26)23-17-5-7-19(8-6-17)25(27)28/h3-14H,15H2,1-2H3,(H,23,26). The molecule has 0 radical (unpaired) electrons. The molecule has 1 amide bonds. The molecule has 3 aromatic carbocycles. The Morgan fingerprint density at radius 3 is 2.16 bits per heavy atom. The van der Waals surface area contributed by atoms with Crippen LogP contribution in [0, 0.1) is 17.0 Å². The number of amides is 1. The van der Waals surface area contributed by atoms with Crippen molar-refractivity contribution < 1.29 is 22.9 Å². The zero-order chi connectivity index (χ0) is 23.3. The summed E-state index contributed by atoms with van der Waals surface area (Å²) in [6.45, 7) is 1.60. The Kier molecular flexibility index (Phi) is 6.74. The normalized spacial score (nSPS) is 10.9. The minimum Gasteiger partial charge on any atom is -0.484 e. The van der Waals surface area contributed by atoms with Gasteiger partial charge in [-0.15, -0.1) is 0 Å². The topological polar surface area (TPSA) is 119 Å². The van der Waals surface area contributed by atoms with Gasteiger partial charge in [-0.25, -0.2) is 8.42 Å². The number of anilines is 2. The highest BCUT2D eigenvalue weighted by molar-refractivity contribution is 7.92. The third-order valence-electron chi connectivity index (χ3n) is 4.61. The van der Waals surface area contributed by atoms with Crippen LogP contribution in [0.4, 0.5) is 17.1 Å². The van der Waals surface area contributed by atoms with E-state index in [4.69, 9.17) is 4.74 Å². The van der Waals surface area contributed by atoms with E-state index < -0.39 is 20.9 Å². The maximum absolute atomic E-state index is 12.8. The van der Waals surface area contributed by atoms with Gasteiger partial charge in [0.05, 0.1) is 15.5 Å². The molecule has 0 aliphatic carbocycles. The molecule has 0 aromatic heterocycles. The minimum absolute atomic E-state index is 0.0753. The Morgan fingerprint density at radius 2 is 1.59 bits per heavy atom. The predicted octanol–water partition coefficient (Wildman–Crippen LogP) is 3.75. The van der Waals surface area contributed by atoms with Crippen molar-refractivity contribution in [3.05, 3.63) is 88.5 Å². The largest absolute Gasteiger partial charge is 0.484 e. The highest BCUT2D eigenvalue weighted by Crippen LogP contribution is 2.24. The van der Waals surface area contributed by atoms with Crippen LogP contribution < -0.4 is 14.4 Å². The Morgan fingerprint density at radius 1 is 1.00 bits per heavy atom. The smallest absolute Gasteiger partial charge is 0.269 e. The zero-order valence-corrected chi connectivity index (χ0v) is 18.2. The molecule has 0 aliphatic rings. The number of carbonyl (C=O) groups is 1. The first-order valence-electron chi connectivity index (χ1n) is 9.49. The molecule has 9 nitrogen and oxygen atoms in total. The number of nitrogens with zero attached hydrogens (tertiary/aromatic N) is 2. The summed E-state index contributed by atoms with van der Waals surface area (Å²) in [5, 5.41) is 13.2. The molecule has 0 heterocycles. The zero-order valence-electron chi connectivity index (χ0n) is 17.4. The number of nitro benzene ring substituents is 1. The van der Waals surface area contributed by atoms with Crippen LogP contribution >= 0.6 is 0 Å². The predicted molar refractivity (Wildman–Crippen MR) is 120 cm³/mol. The van der Waals surface area contributed by atoms with Crippen molar-refractivity contribution in [2.45, 2.75) is 11.8 Å². The van der Waals surface area contributed by atoms with Gasteiger partial charge in [0.1, 0.15) is 5.75 Å². The molecular weight excluding hydrogens is 434 g/mol. The lowest BCUT2D eigenvalue weighted by Gasteiger charge is -2.20. The number of sulfonamides is 1. The average Bonchev–Trinajstić information content (AvgIpc) is 2.78. The van der Waals surface area contributed by atoms with Crippen molar-refractivity contribution in [1.82, 2.24) is 0 Å². The minimum atomic E-state index is -3.70. The van der Waals surface area contributed by atoms with Gasteiger partial charge >= 0.3 is 0 Å². The Bertz CT molecular complexity index is 1210. The van der Waals surface area contributed by atoms with Gasteiger partial charge in [-0.2, -0.15) is 0 Å². The van der Waals surface area contributed by atoms with Crippen molar-refractivity contribution in [3.63, 3.8) is 0 Å². The first-order chi connectivity index (χ1) is 15.2. The number of nitrogens with one attached hydrogen (secondary N) is 1. The number of aryl methyl sites for hydroxylation is 1. The van der Waals surface area contributed by atoms with E-state index in [9.17, 15) is 23.3 Å². The van der Waals surface area contributed by atoms with E-state index in [1.165, 1.54) is 35.6 Å². The lowest BCUT2D eigenvalue weighted by molar-refractivity contribution is -0.384. The molecular formula is C22H21N3O6S. The van der Waals surface area contributed by atoms with Crippen LogP contribution in [0.15, 0.2) is 77.7 Å². The molecule has 0 spiro atoms. The van der Waals surface area contributed by atoms with Crippen molar-refractivity contribution in [2.75, 3.05) is 23.3 Å². The summed E-state index contributed by atoms with van der Waals surface area (Å²) in [7, 11) is -2.24. The molecule has 3 aromatic rings. The van der Waals surface area contributed by atoms with E-state index in [1.54, 1.807) is 48.5 Å². The second-order valence-electron chi connectivity index (χ2n) is 6.92. The number of carbonyl (C=O) groups excluding carboxylic acids is 1. The van der Waals surface area contributed by atoms with Crippen LogP contribution in [0.3, 0.4) is 0 Å². The van der Waals surface area contributed by atoms with Gasteiger partial charge < -0.3 is 10.1 Å². The number of benzene rings is 3. The highest BCUT2D eigenvalue weighted by atomic mass is 32.2. The Labute approximate surface area is 185 Å². The molecule has 1 N–H and O–H groups in total. The lowest BCUT2D eigenvalue weighted by atomic mass is 10.2. The van der Waals surface area contributed by atoms with E-state index >= 15 is 0 Å². The third-order valence-corrected chi connectivity index (χ3v) is 6.41. The van der Waals surface area contributed by atoms with Gasteiger partial charge in [0.2, 0.25) is 0 Å². The van der Waals surface area contributed by atoms with Gasteiger partial charge in [-0.05, 0) is 55.5 Å². The molecule has 3 rings (SSSR count).